The standard InChI is InChI=1S/C14H23N7O8/c15-3-10(24)20-7(2-9(17)23)14(29)21-6(1-8(16)22)13(28)19-4-11(25)18-5-12(26)27/h6-7H,1-5,15H2,(H2,16,22)(H2,17,23)(H,18,25)(H,19,28)(H,20,24)(H,21,29)(H,26,27)/t6-,7-/m0/s1. The SMILES string of the molecule is NCC(=O)N[C@@H](CC(N)=O)C(=O)N[C@@H](CC(N)=O)C(=O)NCC(=O)NCC(=O)O. The van der Waals surface area contributed by atoms with Crippen molar-refractivity contribution in [1.82, 2.24) is 21.3 Å². The molecule has 0 bridgehead atoms. The highest BCUT2D eigenvalue weighted by atomic mass is 16.4. The van der Waals surface area contributed by atoms with Gasteiger partial charge in [-0.1, -0.05) is 0 Å². The van der Waals surface area contributed by atoms with Crippen LogP contribution in [0.15, 0.2) is 0 Å². The summed E-state index contributed by atoms with van der Waals surface area (Å²) in [6.45, 7) is -1.81. The van der Waals surface area contributed by atoms with E-state index in [4.69, 9.17) is 22.3 Å². The van der Waals surface area contributed by atoms with Gasteiger partial charge in [-0.3, -0.25) is 33.6 Å². The summed E-state index contributed by atoms with van der Waals surface area (Å²) in [7, 11) is 0. The fourth-order valence-corrected chi connectivity index (χ4v) is 1.87. The second kappa shape index (κ2) is 12.6. The van der Waals surface area contributed by atoms with E-state index < -0.39 is 86.0 Å². The molecule has 6 amide bonds. The maximum Gasteiger partial charge on any atom is 0.322 e. The lowest BCUT2D eigenvalue weighted by Gasteiger charge is -2.21. The van der Waals surface area contributed by atoms with E-state index in [0.717, 1.165) is 0 Å². The number of hydrogen-bond donors (Lipinski definition) is 8. The van der Waals surface area contributed by atoms with E-state index in [1.165, 1.54) is 0 Å². The Morgan fingerprint density at radius 2 is 1.24 bits per heavy atom. The lowest BCUT2D eigenvalue weighted by molar-refractivity contribution is -0.138. The zero-order valence-electron chi connectivity index (χ0n) is 15.2. The third kappa shape index (κ3) is 11.5. The summed E-state index contributed by atoms with van der Waals surface area (Å²) in [4.78, 5) is 79.9. The number of nitrogens with two attached hydrogens (primary N) is 3. The molecule has 0 heterocycles. The number of carboxylic acids is 1. The smallest absolute Gasteiger partial charge is 0.322 e. The molecule has 0 aromatic rings. The van der Waals surface area contributed by atoms with Gasteiger partial charge in [0.2, 0.25) is 35.4 Å². The summed E-state index contributed by atoms with van der Waals surface area (Å²) in [5, 5.41) is 16.8. The predicted molar refractivity (Wildman–Crippen MR) is 94.2 cm³/mol. The molecule has 0 spiro atoms. The molecule has 0 radical (unpaired) electrons. The van der Waals surface area contributed by atoms with E-state index in [-0.39, 0.29) is 0 Å². The van der Waals surface area contributed by atoms with E-state index in [9.17, 15) is 33.6 Å². The highest BCUT2D eigenvalue weighted by Gasteiger charge is 2.29. The number of carboxylic acid groups (broad SMARTS) is 1. The summed E-state index contributed by atoms with van der Waals surface area (Å²) in [6, 6.07) is -3.01. The molecule has 162 valence electrons. The first-order valence-electron chi connectivity index (χ1n) is 8.08. The molecule has 11 N–H and O–H groups in total. The molecule has 0 aliphatic rings. The number of nitrogens with one attached hydrogen (secondary N) is 4. The number of hydrogen-bond acceptors (Lipinski definition) is 8. The molecule has 0 saturated carbocycles. The summed E-state index contributed by atoms with van der Waals surface area (Å²) >= 11 is 0. The van der Waals surface area contributed by atoms with Gasteiger partial charge in [-0.25, -0.2) is 0 Å². The van der Waals surface area contributed by atoms with Gasteiger partial charge in [-0.15, -0.1) is 0 Å². The molecule has 0 saturated heterocycles. The minimum atomic E-state index is -1.54. The van der Waals surface area contributed by atoms with Gasteiger partial charge in [0.1, 0.15) is 18.6 Å². The highest BCUT2D eigenvalue weighted by molar-refractivity contribution is 5.97. The van der Waals surface area contributed by atoms with Crippen LogP contribution in [0.4, 0.5) is 0 Å². The molecular formula is C14H23N7O8. The van der Waals surface area contributed by atoms with Crippen LogP contribution in [-0.2, 0) is 33.6 Å². The number of carbonyl (C=O) groups excluding carboxylic acids is 6. The fourth-order valence-electron chi connectivity index (χ4n) is 1.87. The van der Waals surface area contributed by atoms with Gasteiger partial charge < -0.3 is 43.6 Å². The van der Waals surface area contributed by atoms with Gasteiger partial charge in [0.05, 0.1) is 25.9 Å². The first-order valence-corrected chi connectivity index (χ1v) is 8.08. The Kier molecular flexibility index (Phi) is 11.0. The second-order valence-electron chi connectivity index (χ2n) is 5.61. The van der Waals surface area contributed by atoms with Crippen molar-refractivity contribution in [2.45, 2.75) is 24.9 Å². The quantitative estimate of drug-likeness (QED) is 0.141. The number of amides is 6. The third-order valence-corrected chi connectivity index (χ3v) is 3.14. The highest BCUT2D eigenvalue weighted by Crippen LogP contribution is 1.98. The zero-order valence-corrected chi connectivity index (χ0v) is 15.2. The Morgan fingerprint density at radius 1 is 0.724 bits per heavy atom. The van der Waals surface area contributed by atoms with Crippen LogP contribution in [0.25, 0.3) is 0 Å². The van der Waals surface area contributed by atoms with Crippen LogP contribution in [-0.4, -0.2) is 78.2 Å². The first-order chi connectivity index (χ1) is 13.5. The summed E-state index contributed by atoms with van der Waals surface area (Å²) < 4.78 is 0. The van der Waals surface area contributed by atoms with Crippen LogP contribution < -0.4 is 38.5 Å². The minimum Gasteiger partial charge on any atom is -0.480 e. The van der Waals surface area contributed by atoms with Crippen LogP contribution in [0.1, 0.15) is 12.8 Å². The normalized spacial score (nSPS) is 12.0. The molecule has 0 rings (SSSR count). The van der Waals surface area contributed by atoms with Gasteiger partial charge in [0.25, 0.3) is 0 Å². The molecule has 0 aromatic heterocycles. The van der Waals surface area contributed by atoms with E-state index >= 15 is 0 Å². The Balaban J connectivity index is 5.06. The summed E-state index contributed by atoms with van der Waals surface area (Å²) in [6.07, 6.45) is -1.28. The Hall–Kier alpha value is -3.75. The van der Waals surface area contributed by atoms with Crippen molar-refractivity contribution in [1.29, 1.82) is 0 Å². The number of aliphatic carboxylic acids is 1. The largest absolute Gasteiger partial charge is 0.480 e. The molecule has 29 heavy (non-hydrogen) atoms. The van der Waals surface area contributed by atoms with Gasteiger partial charge in [-0.05, 0) is 0 Å². The molecular weight excluding hydrogens is 394 g/mol. The summed E-state index contributed by atoms with van der Waals surface area (Å²) in [5.74, 6) is -6.85. The van der Waals surface area contributed by atoms with Crippen molar-refractivity contribution < 1.29 is 38.7 Å². The van der Waals surface area contributed by atoms with E-state index in [2.05, 4.69) is 16.0 Å². The van der Waals surface area contributed by atoms with Crippen molar-refractivity contribution in [3.05, 3.63) is 0 Å². The van der Waals surface area contributed by atoms with Crippen molar-refractivity contribution in [2.24, 2.45) is 17.2 Å². The second-order valence-corrected chi connectivity index (χ2v) is 5.61. The number of rotatable bonds is 13. The Labute approximate surface area is 164 Å². The average molecular weight is 417 g/mol. The molecule has 2 atom stereocenters. The molecule has 15 heteroatoms. The van der Waals surface area contributed by atoms with Gasteiger partial charge in [0, 0.05) is 0 Å². The van der Waals surface area contributed by atoms with Crippen LogP contribution in [0.3, 0.4) is 0 Å². The molecule has 0 aliphatic carbocycles. The van der Waals surface area contributed by atoms with E-state index in [1.54, 1.807) is 0 Å². The topological polar surface area (TPSA) is 266 Å². The average Bonchev–Trinajstić information content (AvgIpc) is 2.62. The lowest BCUT2D eigenvalue weighted by atomic mass is 10.1. The molecule has 0 unspecified atom stereocenters. The van der Waals surface area contributed by atoms with Gasteiger partial charge in [0.15, 0.2) is 0 Å². The zero-order chi connectivity index (χ0) is 22.6. The van der Waals surface area contributed by atoms with Crippen LogP contribution >= 0.6 is 0 Å². The monoisotopic (exact) mass is 417 g/mol. The predicted octanol–water partition coefficient (Wildman–Crippen LogP) is -6.02. The number of primary amides is 2. The molecule has 0 fully saturated rings. The Morgan fingerprint density at radius 3 is 1.69 bits per heavy atom. The van der Waals surface area contributed by atoms with Crippen molar-refractivity contribution >= 4 is 41.4 Å². The van der Waals surface area contributed by atoms with Crippen LogP contribution in [0, 0.1) is 0 Å². The van der Waals surface area contributed by atoms with Crippen molar-refractivity contribution in [3.63, 3.8) is 0 Å². The van der Waals surface area contributed by atoms with Crippen molar-refractivity contribution in [3.8, 4) is 0 Å². The van der Waals surface area contributed by atoms with Gasteiger partial charge >= 0.3 is 5.97 Å². The minimum absolute atomic E-state index is 0.487. The van der Waals surface area contributed by atoms with Gasteiger partial charge in [-0.2, -0.15) is 0 Å². The summed E-state index contributed by atoms with van der Waals surface area (Å²) in [5.41, 5.74) is 15.2. The van der Waals surface area contributed by atoms with E-state index in [0.29, 0.717) is 0 Å². The maximum absolute atomic E-state index is 12.3. The molecule has 0 aromatic carbocycles. The fraction of sp³-hybridized carbons (Fsp3) is 0.500. The molecule has 0 aliphatic heterocycles. The Bertz CT molecular complexity index is 681. The van der Waals surface area contributed by atoms with Crippen LogP contribution in [0.5, 0.6) is 0 Å². The third-order valence-electron chi connectivity index (χ3n) is 3.14. The van der Waals surface area contributed by atoms with Crippen LogP contribution in [0.2, 0.25) is 0 Å². The first kappa shape index (κ1) is 25.2. The van der Waals surface area contributed by atoms with E-state index in [1.807, 2.05) is 5.32 Å². The lowest BCUT2D eigenvalue weighted by Crippen LogP contribution is -2.56. The maximum atomic E-state index is 12.3. The van der Waals surface area contributed by atoms with Crippen molar-refractivity contribution in [2.75, 3.05) is 19.6 Å². The molecule has 15 nitrogen and oxygen atoms in total. The number of carbonyl (C=O) groups is 7.